The topological polar surface area (TPSA) is 46.2 Å². The van der Waals surface area contributed by atoms with Crippen LogP contribution in [-0.4, -0.2) is 42.1 Å². The Kier molecular flexibility index (Phi) is 7.39. The molecule has 0 aromatic heterocycles. The van der Waals surface area contributed by atoms with Crippen LogP contribution in [0.15, 0.2) is 0 Å². The summed E-state index contributed by atoms with van der Waals surface area (Å²) in [5.41, 5.74) is -0.284. The molecule has 5 fully saturated rings. The lowest BCUT2D eigenvalue weighted by atomic mass is 9.58. The van der Waals surface area contributed by atoms with Gasteiger partial charge in [0.2, 0.25) is 5.79 Å². The van der Waals surface area contributed by atoms with E-state index in [0.29, 0.717) is 30.3 Å². The minimum absolute atomic E-state index is 0.158. The number of unbranched alkanes of at least 4 members (excludes halogenated alkanes) is 3. The van der Waals surface area contributed by atoms with Gasteiger partial charge in [-0.1, -0.05) is 32.6 Å². The van der Waals surface area contributed by atoms with Crippen LogP contribution >= 0.6 is 11.8 Å². The van der Waals surface area contributed by atoms with Crippen LogP contribution in [0, 0.1) is 36.0 Å². The molecule has 5 aliphatic rings. The molecule has 0 N–H and O–H groups in total. The third-order valence-electron chi connectivity index (χ3n) is 7.75. The Morgan fingerprint density at radius 1 is 1.07 bits per heavy atom. The predicted octanol–water partition coefficient (Wildman–Crippen LogP) is 5.14. The summed E-state index contributed by atoms with van der Waals surface area (Å²) in [6.45, 7) is 7.88. The van der Waals surface area contributed by atoms with Gasteiger partial charge >= 0.3 is 0 Å². The zero-order valence-electron chi connectivity index (χ0n) is 18.8. The van der Waals surface area contributed by atoms with Crippen molar-refractivity contribution in [1.82, 2.24) is 0 Å². The van der Waals surface area contributed by atoms with Crippen LogP contribution in [0.1, 0.15) is 72.1 Å². The molecule has 1 spiro atoms. The van der Waals surface area contributed by atoms with Crippen molar-refractivity contribution in [3.05, 3.63) is 0 Å². The molecule has 8 atom stereocenters. The normalized spacial score (nSPS) is 44.9. The fourth-order valence-electron chi connectivity index (χ4n) is 6.05. The molecule has 4 aliphatic heterocycles. The van der Waals surface area contributed by atoms with Crippen molar-refractivity contribution in [3.63, 3.8) is 0 Å². The number of fused-ring (bicyclic) bond motifs is 2. The lowest BCUT2D eigenvalue weighted by Gasteiger charge is -2.60. The third-order valence-corrected chi connectivity index (χ3v) is 9.14. The Hall–Kier alpha value is -0.290. The van der Waals surface area contributed by atoms with Crippen molar-refractivity contribution < 1.29 is 24.0 Å². The SMILES string of the molecule is C#CCOCCCCCCS[C@@H]1O[C@@H]2O[C@]3(C)CC[C@H]4[C@H](C)CC[C@@H]([C@H]1C)[C@@]24OO3. The summed E-state index contributed by atoms with van der Waals surface area (Å²) in [6, 6.07) is 0. The number of ether oxygens (including phenoxy) is 3. The van der Waals surface area contributed by atoms with Crippen molar-refractivity contribution in [3.8, 4) is 12.3 Å². The third kappa shape index (κ3) is 4.31. The first-order valence-electron chi connectivity index (χ1n) is 11.8. The van der Waals surface area contributed by atoms with Gasteiger partial charge in [0, 0.05) is 18.9 Å². The fraction of sp³-hybridized carbons (Fsp3) is 0.917. The first-order chi connectivity index (χ1) is 14.5. The van der Waals surface area contributed by atoms with E-state index in [1.807, 2.05) is 18.7 Å². The molecular formula is C24H38O5S. The first kappa shape index (κ1) is 22.9. The number of rotatable bonds is 9. The smallest absolute Gasteiger partial charge is 0.201 e. The first-order valence-corrected chi connectivity index (χ1v) is 12.9. The van der Waals surface area contributed by atoms with Crippen LogP contribution in [0.4, 0.5) is 0 Å². The van der Waals surface area contributed by atoms with E-state index in [-0.39, 0.29) is 11.7 Å². The Morgan fingerprint density at radius 3 is 2.73 bits per heavy atom. The summed E-state index contributed by atoms with van der Waals surface area (Å²) >= 11 is 1.95. The summed E-state index contributed by atoms with van der Waals surface area (Å²) in [4.78, 5) is 12.1. The van der Waals surface area contributed by atoms with E-state index in [1.165, 1.54) is 25.7 Å². The molecule has 5 nitrogen and oxygen atoms in total. The molecule has 0 radical (unpaired) electrons. The minimum atomic E-state index is -0.686. The maximum atomic E-state index is 6.63. The quantitative estimate of drug-likeness (QED) is 0.282. The summed E-state index contributed by atoms with van der Waals surface area (Å²) in [5.74, 6) is 4.83. The van der Waals surface area contributed by atoms with Crippen LogP contribution in [0.2, 0.25) is 0 Å². The minimum Gasteiger partial charge on any atom is -0.369 e. The highest BCUT2D eigenvalue weighted by Crippen LogP contribution is 2.61. The van der Waals surface area contributed by atoms with Gasteiger partial charge in [-0.15, -0.1) is 18.2 Å². The molecule has 4 saturated heterocycles. The Balaban J connectivity index is 1.32. The van der Waals surface area contributed by atoms with Gasteiger partial charge in [0.25, 0.3) is 0 Å². The molecule has 0 unspecified atom stereocenters. The average molecular weight is 439 g/mol. The summed E-state index contributed by atoms with van der Waals surface area (Å²) < 4.78 is 18.4. The lowest BCUT2D eigenvalue weighted by molar-refractivity contribution is -0.568. The van der Waals surface area contributed by atoms with Crippen LogP contribution < -0.4 is 0 Å². The standard InChI is InChI=1S/C24H38O5S/c1-5-14-25-15-8-6-7-9-16-30-21-18(3)20-11-10-17(2)19-12-13-23(4)27-22(26-21)24(19,20)29-28-23/h1,17-22H,6-16H2,2-4H3/t17-,18-,19+,20+,21+,22-,23+,24-/m1/s1. The van der Waals surface area contributed by atoms with Crippen molar-refractivity contribution in [2.45, 2.75) is 95.3 Å². The van der Waals surface area contributed by atoms with Gasteiger partial charge < -0.3 is 14.2 Å². The zero-order valence-corrected chi connectivity index (χ0v) is 19.6. The van der Waals surface area contributed by atoms with Gasteiger partial charge in [0.15, 0.2) is 11.9 Å². The molecule has 5 rings (SSSR count). The molecule has 6 heteroatoms. The van der Waals surface area contributed by atoms with E-state index in [9.17, 15) is 0 Å². The second kappa shape index (κ2) is 9.68. The van der Waals surface area contributed by atoms with E-state index < -0.39 is 11.4 Å². The van der Waals surface area contributed by atoms with Crippen molar-refractivity contribution >= 4 is 11.8 Å². The van der Waals surface area contributed by atoms with Gasteiger partial charge in [-0.2, -0.15) is 0 Å². The Morgan fingerprint density at radius 2 is 1.90 bits per heavy atom. The van der Waals surface area contributed by atoms with Crippen LogP contribution in [0.3, 0.4) is 0 Å². The molecule has 2 bridgehead atoms. The Labute approximate surface area is 186 Å². The van der Waals surface area contributed by atoms with Gasteiger partial charge in [-0.05, 0) is 62.5 Å². The molecule has 0 amide bonds. The van der Waals surface area contributed by atoms with Gasteiger partial charge in [-0.25, -0.2) is 9.78 Å². The Bertz CT molecular complexity index is 623. The number of terminal acetylenes is 1. The van der Waals surface area contributed by atoms with Crippen LogP contribution in [0.25, 0.3) is 0 Å². The van der Waals surface area contributed by atoms with Crippen LogP contribution in [-0.2, 0) is 24.0 Å². The highest BCUT2D eigenvalue weighted by atomic mass is 32.2. The van der Waals surface area contributed by atoms with Crippen molar-refractivity contribution in [1.29, 1.82) is 0 Å². The molecule has 1 aliphatic carbocycles. The molecule has 0 aromatic rings. The maximum absolute atomic E-state index is 6.63. The predicted molar refractivity (Wildman–Crippen MR) is 117 cm³/mol. The molecule has 30 heavy (non-hydrogen) atoms. The summed E-state index contributed by atoms with van der Waals surface area (Å²) in [7, 11) is 0. The largest absolute Gasteiger partial charge is 0.369 e. The zero-order chi connectivity index (χ0) is 21.2. The van der Waals surface area contributed by atoms with E-state index in [1.54, 1.807) is 0 Å². The van der Waals surface area contributed by atoms with Gasteiger partial charge in [0.1, 0.15) is 12.0 Å². The fourth-order valence-corrected chi connectivity index (χ4v) is 7.33. The molecule has 170 valence electrons. The number of hydrogen-bond acceptors (Lipinski definition) is 6. The van der Waals surface area contributed by atoms with Gasteiger partial charge in [-0.3, -0.25) is 0 Å². The van der Waals surface area contributed by atoms with Crippen molar-refractivity contribution in [2.75, 3.05) is 19.0 Å². The molecule has 4 heterocycles. The lowest BCUT2D eigenvalue weighted by Crippen LogP contribution is -2.70. The van der Waals surface area contributed by atoms with E-state index in [4.69, 9.17) is 30.4 Å². The number of thioether (sulfide) groups is 1. The van der Waals surface area contributed by atoms with E-state index in [0.717, 1.165) is 38.0 Å². The second-order valence-corrected chi connectivity index (χ2v) is 11.0. The highest BCUT2D eigenvalue weighted by molar-refractivity contribution is 7.99. The molecule has 0 aromatic carbocycles. The van der Waals surface area contributed by atoms with Crippen molar-refractivity contribution in [2.24, 2.45) is 23.7 Å². The molecule has 1 saturated carbocycles. The average Bonchev–Trinajstić information content (AvgIpc) is 2.96. The van der Waals surface area contributed by atoms with E-state index >= 15 is 0 Å². The monoisotopic (exact) mass is 438 g/mol. The summed E-state index contributed by atoms with van der Waals surface area (Å²) in [6.07, 6.45) is 13.9. The van der Waals surface area contributed by atoms with Crippen LogP contribution in [0.5, 0.6) is 0 Å². The van der Waals surface area contributed by atoms with Gasteiger partial charge in [0.05, 0.1) is 0 Å². The highest BCUT2D eigenvalue weighted by Gasteiger charge is 2.69. The van der Waals surface area contributed by atoms with E-state index in [2.05, 4.69) is 19.8 Å². The summed E-state index contributed by atoms with van der Waals surface area (Å²) in [5, 5.41) is 0. The maximum Gasteiger partial charge on any atom is 0.201 e. The second-order valence-electron chi connectivity index (χ2n) is 9.82. The molecular weight excluding hydrogens is 400 g/mol. The number of hydrogen-bond donors (Lipinski definition) is 0.